The number of unbranched alkanes of at least 4 members (excludes halogenated alkanes) is 1. The maximum absolute atomic E-state index is 5.19. The molecule has 1 aliphatic rings. The average molecular weight is 201 g/mol. The van der Waals surface area contributed by atoms with Crippen molar-refractivity contribution < 1.29 is 0 Å². The molecule has 15 heavy (non-hydrogen) atoms. The van der Waals surface area contributed by atoms with Crippen molar-refractivity contribution in [2.24, 2.45) is 0 Å². The first-order chi connectivity index (χ1) is 7.42. The summed E-state index contributed by atoms with van der Waals surface area (Å²) in [6.07, 6.45) is 12.1. The number of aromatic nitrogens is 2. The summed E-state index contributed by atoms with van der Waals surface area (Å²) >= 11 is 0. The molecule has 3 nitrogen and oxygen atoms in total. The molecule has 0 fully saturated rings. The Morgan fingerprint density at radius 2 is 2.33 bits per heavy atom. The monoisotopic (exact) mass is 201 g/mol. The maximum atomic E-state index is 5.19. The molecule has 0 saturated carbocycles. The van der Waals surface area contributed by atoms with Crippen LogP contribution in [0, 0.1) is 12.3 Å². The second-order valence-corrected chi connectivity index (χ2v) is 3.74. The molecular formula is C12H15N3. The highest BCUT2D eigenvalue weighted by Crippen LogP contribution is 2.24. The van der Waals surface area contributed by atoms with Gasteiger partial charge in [-0.2, -0.15) is 0 Å². The van der Waals surface area contributed by atoms with E-state index in [1.54, 1.807) is 6.33 Å². The molecule has 0 aromatic carbocycles. The van der Waals surface area contributed by atoms with E-state index in [0.717, 1.165) is 38.0 Å². The first-order valence-electron chi connectivity index (χ1n) is 5.42. The minimum Gasteiger partial charge on any atom is -0.370 e. The van der Waals surface area contributed by atoms with Crippen LogP contribution in [0.5, 0.6) is 0 Å². The number of nitrogens with zero attached hydrogens (tertiary/aromatic N) is 2. The Hall–Kier alpha value is -1.56. The summed E-state index contributed by atoms with van der Waals surface area (Å²) in [7, 11) is 0. The third kappa shape index (κ3) is 2.27. The van der Waals surface area contributed by atoms with Crippen LogP contribution in [-0.4, -0.2) is 16.5 Å². The lowest BCUT2D eigenvalue weighted by atomic mass is 10.2. The minimum absolute atomic E-state index is 0.820. The van der Waals surface area contributed by atoms with Gasteiger partial charge in [0.2, 0.25) is 0 Å². The molecule has 1 heterocycles. The summed E-state index contributed by atoms with van der Waals surface area (Å²) in [6, 6.07) is 0. The zero-order chi connectivity index (χ0) is 10.5. The van der Waals surface area contributed by atoms with Gasteiger partial charge in [0.1, 0.15) is 12.1 Å². The molecule has 0 saturated heterocycles. The predicted molar refractivity (Wildman–Crippen MR) is 60.6 cm³/mol. The van der Waals surface area contributed by atoms with Crippen molar-refractivity contribution in [3.8, 4) is 12.3 Å². The van der Waals surface area contributed by atoms with Crippen LogP contribution in [0.1, 0.15) is 30.5 Å². The molecule has 1 aromatic heterocycles. The largest absolute Gasteiger partial charge is 0.370 e. The molecular weight excluding hydrogens is 186 g/mol. The molecule has 0 amide bonds. The molecule has 0 unspecified atom stereocenters. The van der Waals surface area contributed by atoms with Crippen LogP contribution < -0.4 is 5.32 Å². The fourth-order valence-corrected chi connectivity index (χ4v) is 1.91. The van der Waals surface area contributed by atoms with Gasteiger partial charge in [0.15, 0.2) is 0 Å². The van der Waals surface area contributed by atoms with Gasteiger partial charge in [0.25, 0.3) is 0 Å². The van der Waals surface area contributed by atoms with E-state index in [4.69, 9.17) is 6.42 Å². The molecule has 0 atom stereocenters. The Morgan fingerprint density at radius 1 is 1.40 bits per heavy atom. The lowest BCUT2D eigenvalue weighted by Crippen LogP contribution is -2.06. The van der Waals surface area contributed by atoms with Crippen molar-refractivity contribution in [2.45, 2.75) is 32.1 Å². The molecule has 0 radical (unpaired) electrons. The smallest absolute Gasteiger partial charge is 0.132 e. The second-order valence-electron chi connectivity index (χ2n) is 3.74. The highest BCUT2D eigenvalue weighted by molar-refractivity contribution is 5.47. The third-order valence-electron chi connectivity index (χ3n) is 2.67. The summed E-state index contributed by atoms with van der Waals surface area (Å²) < 4.78 is 0. The van der Waals surface area contributed by atoms with Gasteiger partial charge in [-0.15, -0.1) is 12.3 Å². The Kier molecular flexibility index (Phi) is 3.18. The van der Waals surface area contributed by atoms with Gasteiger partial charge in [-0.1, -0.05) is 0 Å². The molecule has 1 aliphatic carbocycles. The number of nitrogens with one attached hydrogen (secondary N) is 1. The number of rotatable bonds is 4. The van der Waals surface area contributed by atoms with Crippen LogP contribution >= 0.6 is 0 Å². The summed E-state index contributed by atoms with van der Waals surface area (Å²) in [6.45, 7) is 0.896. The Bertz CT molecular complexity index is 379. The van der Waals surface area contributed by atoms with Gasteiger partial charge in [-0.05, 0) is 25.7 Å². The van der Waals surface area contributed by atoms with Gasteiger partial charge in [-0.25, -0.2) is 9.97 Å². The number of hydrogen-bond donors (Lipinski definition) is 1. The predicted octanol–water partition coefficient (Wildman–Crippen LogP) is 1.79. The summed E-state index contributed by atoms with van der Waals surface area (Å²) in [5, 5.41) is 3.33. The zero-order valence-electron chi connectivity index (χ0n) is 8.79. The van der Waals surface area contributed by atoms with Crippen LogP contribution in [0.4, 0.5) is 5.82 Å². The van der Waals surface area contributed by atoms with E-state index in [-0.39, 0.29) is 0 Å². The van der Waals surface area contributed by atoms with Crippen molar-refractivity contribution in [1.29, 1.82) is 0 Å². The average Bonchev–Trinajstić information content (AvgIpc) is 2.73. The summed E-state index contributed by atoms with van der Waals surface area (Å²) in [4.78, 5) is 8.55. The van der Waals surface area contributed by atoms with Crippen LogP contribution in [-0.2, 0) is 12.8 Å². The van der Waals surface area contributed by atoms with Crippen molar-refractivity contribution in [1.82, 2.24) is 9.97 Å². The van der Waals surface area contributed by atoms with E-state index in [1.165, 1.54) is 17.7 Å². The first-order valence-corrected chi connectivity index (χ1v) is 5.42. The Balaban J connectivity index is 1.97. The van der Waals surface area contributed by atoms with E-state index < -0.39 is 0 Å². The molecule has 1 aromatic rings. The number of aryl methyl sites for hydroxylation is 1. The molecule has 0 aliphatic heterocycles. The SMILES string of the molecule is C#CCCCNc1ncnc2c1CCC2. The van der Waals surface area contributed by atoms with Crippen LogP contribution in [0.15, 0.2) is 6.33 Å². The quantitative estimate of drug-likeness (QED) is 0.596. The van der Waals surface area contributed by atoms with Gasteiger partial charge in [0, 0.05) is 24.2 Å². The highest BCUT2D eigenvalue weighted by atomic mass is 15.0. The third-order valence-corrected chi connectivity index (χ3v) is 2.67. The molecule has 1 N–H and O–H groups in total. The second kappa shape index (κ2) is 4.79. The summed E-state index contributed by atoms with van der Waals surface area (Å²) in [5.41, 5.74) is 2.52. The number of terminal acetylenes is 1. The molecule has 2 rings (SSSR count). The summed E-state index contributed by atoms with van der Waals surface area (Å²) in [5.74, 6) is 3.64. The normalized spacial score (nSPS) is 13.3. The first kappa shape index (κ1) is 9.97. The zero-order valence-corrected chi connectivity index (χ0v) is 8.79. The Labute approximate surface area is 90.3 Å². The van der Waals surface area contributed by atoms with Gasteiger partial charge < -0.3 is 5.32 Å². The van der Waals surface area contributed by atoms with Crippen LogP contribution in [0.25, 0.3) is 0 Å². The Morgan fingerprint density at radius 3 is 3.20 bits per heavy atom. The van der Waals surface area contributed by atoms with Crippen LogP contribution in [0.3, 0.4) is 0 Å². The molecule has 0 spiro atoms. The number of hydrogen-bond acceptors (Lipinski definition) is 3. The van der Waals surface area contributed by atoms with Gasteiger partial charge in [0.05, 0.1) is 0 Å². The minimum atomic E-state index is 0.820. The van der Waals surface area contributed by atoms with E-state index in [9.17, 15) is 0 Å². The molecule has 78 valence electrons. The van der Waals surface area contributed by atoms with Gasteiger partial charge >= 0.3 is 0 Å². The van der Waals surface area contributed by atoms with E-state index >= 15 is 0 Å². The van der Waals surface area contributed by atoms with E-state index in [2.05, 4.69) is 21.2 Å². The fourth-order valence-electron chi connectivity index (χ4n) is 1.91. The number of fused-ring (bicyclic) bond motifs is 1. The van der Waals surface area contributed by atoms with Crippen molar-refractivity contribution in [3.05, 3.63) is 17.6 Å². The van der Waals surface area contributed by atoms with Gasteiger partial charge in [-0.3, -0.25) is 0 Å². The van der Waals surface area contributed by atoms with Crippen molar-refractivity contribution in [3.63, 3.8) is 0 Å². The molecule has 0 bridgehead atoms. The lowest BCUT2D eigenvalue weighted by Gasteiger charge is -2.08. The maximum Gasteiger partial charge on any atom is 0.132 e. The lowest BCUT2D eigenvalue weighted by molar-refractivity contribution is 0.890. The molecule has 3 heteroatoms. The highest BCUT2D eigenvalue weighted by Gasteiger charge is 2.16. The van der Waals surface area contributed by atoms with Crippen molar-refractivity contribution >= 4 is 5.82 Å². The fraction of sp³-hybridized carbons (Fsp3) is 0.500. The number of anilines is 1. The van der Waals surface area contributed by atoms with Crippen molar-refractivity contribution in [2.75, 3.05) is 11.9 Å². The standard InChI is InChI=1S/C12H15N3/c1-2-3-4-8-13-12-10-6-5-7-11(10)14-9-15-12/h1,9H,3-8H2,(H,13,14,15). The van der Waals surface area contributed by atoms with Crippen LogP contribution in [0.2, 0.25) is 0 Å². The topological polar surface area (TPSA) is 37.8 Å². The van der Waals surface area contributed by atoms with E-state index in [1.807, 2.05) is 0 Å². The van der Waals surface area contributed by atoms with E-state index in [0.29, 0.717) is 0 Å².